The molecule has 2 aromatic rings. The summed E-state index contributed by atoms with van der Waals surface area (Å²) < 4.78 is 6.25. The molecule has 0 spiro atoms. The standard InChI is InChI=1S/C17H17NO5/c1-4-12-14(16(20)21)13(9-19)18(2)15(12)10-6-5-7-11(8-10)17(22)23-3/h5-9H,4H2,1-3H3,(H,20,21). The van der Waals surface area contributed by atoms with E-state index in [2.05, 4.69) is 0 Å². The summed E-state index contributed by atoms with van der Waals surface area (Å²) in [5, 5.41) is 9.43. The number of carboxylic acid groups (broad SMARTS) is 1. The fraction of sp³-hybridized carbons (Fsp3) is 0.235. The minimum absolute atomic E-state index is 0.00321. The lowest BCUT2D eigenvalue weighted by Crippen LogP contribution is -2.04. The Morgan fingerprint density at radius 2 is 2.04 bits per heavy atom. The zero-order chi connectivity index (χ0) is 17.1. The number of carboxylic acids is 1. The molecule has 1 aromatic heterocycles. The van der Waals surface area contributed by atoms with Gasteiger partial charge in [0.2, 0.25) is 0 Å². The summed E-state index contributed by atoms with van der Waals surface area (Å²) in [5.74, 6) is -1.62. The highest BCUT2D eigenvalue weighted by Gasteiger charge is 2.25. The minimum atomic E-state index is -1.14. The van der Waals surface area contributed by atoms with Crippen molar-refractivity contribution in [2.45, 2.75) is 13.3 Å². The second kappa shape index (κ2) is 6.48. The number of methoxy groups -OCH3 is 1. The van der Waals surface area contributed by atoms with Gasteiger partial charge in [0.25, 0.3) is 0 Å². The second-order valence-corrected chi connectivity index (χ2v) is 5.00. The third kappa shape index (κ3) is 2.75. The number of esters is 1. The minimum Gasteiger partial charge on any atom is -0.478 e. The van der Waals surface area contributed by atoms with E-state index in [1.807, 2.05) is 6.92 Å². The van der Waals surface area contributed by atoms with Crippen molar-refractivity contribution in [2.24, 2.45) is 7.05 Å². The molecular formula is C17H17NO5. The average Bonchev–Trinajstić information content (AvgIpc) is 2.85. The van der Waals surface area contributed by atoms with E-state index in [4.69, 9.17) is 4.74 Å². The monoisotopic (exact) mass is 315 g/mol. The SMILES string of the molecule is CCc1c(C(=O)O)c(C=O)n(C)c1-c1cccc(C(=O)OC)c1. The predicted octanol–water partition coefficient (Wildman–Crippen LogP) is 2.55. The number of nitrogens with zero attached hydrogens (tertiary/aromatic N) is 1. The molecule has 6 heteroatoms. The van der Waals surface area contributed by atoms with Gasteiger partial charge in [-0.2, -0.15) is 0 Å². The number of aldehydes is 1. The zero-order valence-corrected chi connectivity index (χ0v) is 13.1. The van der Waals surface area contributed by atoms with Gasteiger partial charge in [-0.1, -0.05) is 19.1 Å². The fourth-order valence-electron chi connectivity index (χ4n) is 2.76. The van der Waals surface area contributed by atoms with Crippen molar-refractivity contribution in [3.8, 4) is 11.3 Å². The zero-order valence-electron chi connectivity index (χ0n) is 13.1. The molecule has 0 aliphatic rings. The fourth-order valence-corrected chi connectivity index (χ4v) is 2.76. The summed E-state index contributed by atoms with van der Waals surface area (Å²) in [7, 11) is 2.93. The van der Waals surface area contributed by atoms with Crippen molar-refractivity contribution in [2.75, 3.05) is 7.11 Å². The molecule has 0 unspecified atom stereocenters. The molecule has 2 rings (SSSR count). The highest BCUT2D eigenvalue weighted by Crippen LogP contribution is 2.31. The lowest BCUT2D eigenvalue weighted by Gasteiger charge is -2.09. The van der Waals surface area contributed by atoms with Gasteiger partial charge < -0.3 is 14.4 Å². The summed E-state index contributed by atoms with van der Waals surface area (Å²) in [4.78, 5) is 34.6. The lowest BCUT2D eigenvalue weighted by molar-refractivity contribution is 0.0599. The first kappa shape index (κ1) is 16.5. The molecule has 0 saturated heterocycles. The van der Waals surface area contributed by atoms with Crippen molar-refractivity contribution in [1.82, 2.24) is 4.57 Å². The number of aromatic nitrogens is 1. The molecule has 0 atom stereocenters. The summed E-state index contributed by atoms with van der Waals surface area (Å²) in [6, 6.07) is 6.69. The summed E-state index contributed by atoms with van der Waals surface area (Å²) in [6.45, 7) is 1.82. The van der Waals surface area contributed by atoms with Crippen LogP contribution in [-0.2, 0) is 18.2 Å². The van der Waals surface area contributed by atoms with E-state index in [1.165, 1.54) is 7.11 Å². The Balaban J connectivity index is 2.76. The van der Waals surface area contributed by atoms with Crippen LogP contribution in [0.1, 0.15) is 43.7 Å². The molecule has 0 amide bonds. The van der Waals surface area contributed by atoms with Crippen LogP contribution in [0.3, 0.4) is 0 Å². The molecule has 6 nitrogen and oxygen atoms in total. The van der Waals surface area contributed by atoms with Crippen molar-refractivity contribution in [3.05, 3.63) is 46.6 Å². The molecule has 0 fully saturated rings. The molecule has 0 radical (unpaired) electrons. The maximum absolute atomic E-state index is 11.7. The number of hydrogen-bond donors (Lipinski definition) is 1. The van der Waals surface area contributed by atoms with E-state index in [0.29, 0.717) is 35.1 Å². The van der Waals surface area contributed by atoms with Crippen molar-refractivity contribution >= 4 is 18.2 Å². The summed E-state index contributed by atoms with van der Waals surface area (Å²) >= 11 is 0. The van der Waals surface area contributed by atoms with E-state index < -0.39 is 11.9 Å². The average molecular weight is 315 g/mol. The van der Waals surface area contributed by atoms with E-state index in [9.17, 15) is 19.5 Å². The van der Waals surface area contributed by atoms with E-state index in [1.54, 1.807) is 35.9 Å². The van der Waals surface area contributed by atoms with Gasteiger partial charge in [-0.15, -0.1) is 0 Å². The summed E-state index contributed by atoms with van der Waals surface area (Å²) in [6.07, 6.45) is 0.984. The molecular weight excluding hydrogens is 298 g/mol. The molecule has 1 aromatic carbocycles. The van der Waals surface area contributed by atoms with E-state index in [-0.39, 0.29) is 11.3 Å². The van der Waals surface area contributed by atoms with Crippen molar-refractivity contribution in [3.63, 3.8) is 0 Å². The van der Waals surface area contributed by atoms with Crippen LogP contribution in [0.4, 0.5) is 0 Å². The number of rotatable bonds is 5. The van der Waals surface area contributed by atoms with Crippen LogP contribution in [0.2, 0.25) is 0 Å². The number of ether oxygens (including phenoxy) is 1. The Morgan fingerprint density at radius 3 is 2.57 bits per heavy atom. The van der Waals surface area contributed by atoms with Gasteiger partial charge in [0.15, 0.2) is 6.29 Å². The Morgan fingerprint density at radius 1 is 1.35 bits per heavy atom. The van der Waals surface area contributed by atoms with Crippen LogP contribution in [0.15, 0.2) is 24.3 Å². The predicted molar refractivity (Wildman–Crippen MR) is 83.9 cm³/mol. The molecule has 23 heavy (non-hydrogen) atoms. The largest absolute Gasteiger partial charge is 0.478 e. The maximum Gasteiger partial charge on any atom is 0.338 e. The van der Waals surface area contributed by atoms with Crippen LogP contribution >= 0.6 is 0 Å². The van der Waals surface area contributed by atoms with Crippen LogP contribution < -0.4 is 0 Å². The summed E-state index contributed by atoms with van der Waals surface area (Å²) in [5.41, 5.74) is 2.29. The molecule has 0 aliphatic carbocycles. The van der Waals surface area contributed by atoms with Gasteiger partial charge >= 0.3 is 11.9 Å². The number of carbonyl (C=O) groups excluding carboxylic acids is 2. The number of carbonyl (C=O) groups is 3. The molecule has 1 N–H and O–H groups in total. The third-order valence-corrected chi connectivity index (χ3v) is 3.78. The molecule has 0 bridgehead atoms. The molecule has 0 aliphatic heterocycles. The van der Waals surface area contributed by atoms with Crippen LogP contribution in [0.5, 0.6) is 0 Å². The van der Waals surface area contributed by atoms with E-state index in [0.717, 1.165) is 0 Å². The van der Waals surface area contributed by atoms with Gasteiger partial charge in [-0.3, -0.25) is 4.79 Å². The van der Waals surface area contributed by atoms with E-state index >= 15 is 0 Å². The molecule has 1 heterocycles. The number of aromatic carboxylic acids is 1. The van der Waals surface area contributed by atoms with Crippen LogP contribution in [0.25, 0.3) is 11.3 Å². The molecule has 0 saturated carbocycles. The smallest absolute Gasteiger partial charge is 0.338 e. The first-order chi connectivity index (χ1) is 11.0. The van der Waals surface area contributed by atoms with Gasteiger partial charge in [0, 0.05) is 7.05 Å². The maximum atomic E-state index is 11.7. The van der Waals surface area contributed by atoms with Crippen LogP contribution in [-0.4, -0.2) is 35.0 Å². The normalized spacial score (nSPS) is 10.4. The Bertz CT molecular complexity index is 789. The first-order valence-corrected chi connectivity index (χ1v) is 7.05. The quantitative estimate of drug-likeness (QED) is 0.677. The number of benzene rings is 1. The van der Waals surface area contributed by atoms with Crippen molar-refractivity contribution in [1.29, 1.82) is 0 Å². The number of hydrogen-bond acceptors (Lipinski definition) is 4. The highest BCUT2D eigenvalue weighted by molar-refractivity contribution is 6.01. The Hall–Kier alpha value is -2.89. The van der Waals surface area contributed by atoms with Crippen LogP contribution in [0, 0.1) is 0 Å². The third-order valence-electron chi connectivity index (χ3n) is 3.78. The van der Waals surface area contributed by atoms with Gasteiger partial charge in [0.1, 0.15) is 0 Å². The van der Waals surface area contributed by atoms with Crippen molar-refractivity contribution < 1.29 is 24.2 Å². The van der Waals surface area contributed by atoms with Gasteiger partial charge in [0.05, 0.1) is 29.6 Å². The van der Waals surface area contributed by atoms with Gasteiger partial charge in [-0.05, 0) is 29.7 Å². The van der Waals surface area contributed by atoms with Gasteiger partial charge in [-0.25, -0.2) is 9.59 Å². The molecule has 120 valence electrons. The topological polar surface area (TPSA) is 85.6 Å². The lowest BCUT2D eigenvalue weighted by atomic mass is 10.0. The highest BCUT2D eigenvalue weighted by atomic mass is 16.5. The first-order valence-electron chi connectivity index (χ1n) is 7.05. The Labute approximate surface area is 133 Å². The second-order valence-electron chi connectivity index (χ2n) is 5.00. The Kier molecular flexibility index (Phi) is 4.64.